The normalized spacial score (nSPS) is 31.6. The van der Waals surface area contributed by atoms with Gasteiger partial charge < -0.3 is 4.90 Å². The fourth-order valence-corrected chi connectivity index (χ4v) is 4.20. The van der Waals surface area contributed by atoms with Crippen molar-refractivity contribution in [1.29, 1.82) is 0 Å². The smallest absolute Gasteiger partial charge is 0.241 e. The van der Waals surface area contributed by atoms with Crippen LogP contribution in [-0.2, 0) is 4.79 Å². The molecule has 2 rings (SSSR count). The van der Waals surface area contributed by atoms with Crippen molar-refractivity contribution in [2.45, 2.75) is 63.4 Å². The molecule has 3 nitrogen and oxygen atoms in total. The highest BCUT2D eigenvalue weighted by atomic mass is 32.2. The first-order valence-corrected chi connectivity index (χ1v) is 8.33. The molecule has 2 aliphatic rings. The van der Waals surface area contributed by atoms with E-state index in [1.807, 2.05) is 11.8 Å². The van der Waals surface area contributed by atoms with Gasteiger partial charge in [0.2, 0.25) is 5.91 Å². The molecule has 2 atom stereocenters. The maximum Gasteiger partial charge on any atom is 0.241 e. The Morgan fingerprint density at radius 3 is 2.50 bits per heavy atom. The van der Waals surface area contributed by atoms with Gasteiger partial charge in [0, 0.05) is 11.3 Å². The van der Waals surface area contributed by atoms with Crippen molar-refractivity contribution < 1.29 is 4.79 Å². The maximum atomic E-state index is 12.5. The summed E-state index contributed by atoms with van der Waals surface area (Å²) in [6.45, 7) is 7.27. The molecule has 1 saturated heterocycles. The minimum absolute atomic E-state index is 0.0142. The van der Waals surface area contributed by atoms with Gasteiger partial charge in [-0.15, -0.1) is 0 Å². The topological polar surface area (TPSA) is 32.3 Å². The molecule has 1 heterocycles. The van der Waals surface area contributed by atoms with Gasteiger partial charge in [0.05, 0.1) is 12.2 Å². The van der Waals surface area contributed by atoms with Crippen molar-refractivity contribution in [3.8, 4) is 0 Å². The van der Waals surface area contributed by atoms with Crippen LogP contribution in [-0.4, -0.2) is 40.6 Å². The van der Waals surface area contributed by atoms with Gasteiger partial charge in [0.25, 0.3) is 0 Å². The van der Waals surface area contributed by atoms with Crippen LogP contribution < -0.4 is 5.32 Å². The van der Waals surface area contributed by atoms with Gasteiger partial charge >= 0.3 is 0 Å². The van der Waals surface area contributed by atoms with Crippen LogP contribution in [0.5, 0.6) is 0 Å². The Labute approximate surface area is 115 Å². The summed E-state index contributed by atoms with van der Waals surface area (Å²) < 4.78 is 0.317. The van der Waals surface area contributed by atoms with Crippen molar-refractivity contribution >= 4 is 17.7 Å². The molecule has 0 aromatic carbocycles. The summed E-state index contributed by atoms with van der Waals surface area (Å²) in [5.41, 5.74) is 0. The number of hydrogen-bond acceptors (Lipinski definition) is 3. The zero-order chi connectivity index (χ0) is 13.3. The predicted molar refractivity (Wildman–Crippen MR) is 77.7 cm³/mol. The summed E-state index contributed by atoms with van der Waals surface area (Å²) in [5, 5.41) is 3.44. The molecular weight excluding hydrogens is 244 g/mol. The van der Waals surface area contributed by atoms with Crippen LogP contribution in [0.1, 0.15) is 46.5 Å². The third-order valence-electron chi connectivity index (χ3n) is 4.51. The first-order valence-electron chi connectivity index (χ1n) is 7.11. The lowest BCUT2D eigenvalue weighted by atomic mass is 10.0. The zero-order valence-electron chi connectivity index (χ0n) is 12.0. The average Bonchev–Trinajstić information content (AvgIpc) is 2.90. The van der Waals surface area contributed by atoms with Crippen LogP contribution in [0.25, 0.3) is 0 Å². The Bertz CT molecular complexity index is 313. The molecular formula is C14H26N2OS. The van der Waals surface area contributed by atoms with E-state index in [0.29, 0.717) is 16.6 Å². The highest BCUT2D eigenvalue weighted by Gasteiger charge is 2.43. The molecule has 0 radical (unpaired) electrons. The summed E-state index contributed by atoms with van der Waals surface area (Å²) >= 11 is 1.96. The molecule has 1 N–H and O–H groups in total. The van der Waals surface area contributed by atoms with E-state index in [4.69, 9.17) is 0 Å². The second-order valence-corrected chi connectivity index (χ2v) is 7.40. The summed E-state index contributed by atoms with van der Waals surface area (Å²) in [6.07, 6.45) is 7.55. The quantitative estimate of drug-likeness (QED) is 0.852. The van der Waals surface area contributed by atoms with E-state index in [1.165, 1.54) is 25.7 Å². The third-order valence-corrected chi connectivity index (χ3v) is 5.91. The number of carbonyl (C=O) groups excluding carboxylic acids is 1. The predicted octanol–water partition coefficient (Wildman–Crippen LogP) is 2.46. The number of nitrogens with one attached hydrogen (secondary N) is 1. The Balaban J connectivity index is 2.07. The fourth-order valence-electron chi connectivity index (χ4n) is 3.24. The maximum absolute atomic E-state index is 12.5. The van der Waals surface area contributed by atoms with E-state index in [9.17, 15) is 4.79 Å². The molecule has 4 heteroatoms. The van der Waals surface area contributed by atoms with Crippen molar-refractivity contribution in [2.75, 3.05) is 12.8 Å². The Morgan fingerprint density at radius 1 is 1.44 bits per heavy atom. The van der Waals surface area contributed by atoms with E-state index in [2.05, 4.69) is 37.2 Å². The van der Waals surface area contributed by atoms with Crippen molar-refractivity contribution in [3.63, 3.8) is 0 Å². The SMILES string of the molecule is CSC1(CN2C(=O)C(C(C)C)NC2C)CCCC1. The molecule has 0 aromatic rings. The lowest BCUT2D eigenvalue weighted by molar-refractivity contribution is -0.130. The molecule has 2 fully saturated rings. The van der Waals surface area contributed by atoms with E-state index < -0.39 is 0 Å². The summed E-state index contributed by atoms with van der Waals surface area (Å²) in [4.78, 5) is 14.5. The van der Waals surface area contributed by atoms with Gasteiger partial charge in [0.1, 0.15) is 0 Å². The highest BCUT2D eigenvalue weighted by molar-refractivity contribution is 8.00. The van der Waals surface area contributed by atoms with Crippen LogP contribution in [0, 0.1) is 5.92 Å². The molecule has 1 saturated carbocycles. The third kappa shape index (κ3) is 2.55. The van der Waals surface area contributed by atoms with Crippen LogP contribution in [0.2, 0.25) is 0 Å². The number of rotatable bonds is 4. The van der Waals surface area contributed by atoms with Crippen molar-refractivity contribution in [3.05, 3.63) is 0 Å². The second-order valence-electron chi connectivity index (χ2n) is 6.12. The molecule has 0 spiro atoms. The van der Waals surface area contributed by atoms with Crippen LogP contribution in [0.15, 0.2) is 0 Å². The van der Waals surface area contributed by atoms with Gasteiger partial charge in [0.15, 0.2) is 0 Å². The Kier molecular flexibility index (Phi) is 4.27. The summed E-state index contributed by atoms with van der Waals surface area (Å²) in [6, 6.07) is 0.0142. The highest BCUT2D eigenvalue weighted by Crippen LogP contribution is 2.41. The van der Waals surface area contributed by atoms with Gasteiger partial charge in [-0.3, -0.25) is 10.1 Å². The van der Waals surface area contributed by atoms with Gasteiger partial charge in [-0.1, -0.05) is 26.7 Å². The van der Waals surface area contributed by atoms with E-state index >= 15 is 0 Å². The minimum Gasteiger partial charge on any atom is -0.325 e. The summed E-state index contributed by atoms with van der Waals surface area (Å²) in [7, 11) is 0. The number of thioether (sulfide) groups is 1. The molecule has 1 amide bonds. The summed E-state index contributed by atoms with van der Waals surface area (Å²) in [5.74, 6) is 0.677. The van der Waals surface area contributed by atoms with Crippen LogP contribution in [0.4, 0.5) is 0 Å². The van der Waals surface area contributed by atoms with Gasteiger partial charge in [-0.05, 0) is 31.9 Å². The Morgan fingerprint density at radius 2 is 2.06 bits per heavy atom. The molecule has 104 valence electrons. The molecule has 1 aliphatic heterocycles. The number of nitrogens with zero attached hydrogens (tertiary/aromatic N) is 1. The van der Waals surface area contributed by atoms with Gasteiger partial charge in [-0.2, -0.15) is 11.8 Å². The van der Waals surface area contributed by atoms with Crippen molar-refractivity contribution in [2.24, 2.45) is 5.92 Å². The molecule has 2 unspecified atom stereocenters. The minimum atomic E-state index is 0.0142. The van der Waals surface area contributed by atoms with Crippen LogP contribution in [0.3, 0.4) is 0 Å². The first kappa shape index (κ1) is 14.2. The molecule has 0 aromatic heterocycles. The fraction of sp³-hybridized carbons (Fsp3) is 0.929. The van der Waals surface area contributed by atoms with Crippen molar-refractivity contribution in [1.82, 2.24) is 10.2 Å². The van der Waals surface area contributed by atoms with E-state index in [-0.39, 0.29) is 12.2 Å². The largest absolute Gasteiger partial charge is 0.325 e. The number of carbonyl (C=O) groups is 1. The zero-order valence-corrected chi connectivity index (χ0v) is 12.8. The molecule has 1 aliphatic carbocycles. The number of amides is 1. The first-order chi connectivity index (χ1) is 8.49. The molecule has 18 heavy (non-hydrogen) atoms. The standard InChI is InChI=1S/C14H26N2OS/c1-10(2)12-13(17)16(11(3)15-12)9-14(18-4)7-5-6-8-14/h10-12,15H,5-9H2,1-4H3. The van der Waals surface area contributed by atoms with Crippen LogP contribution >= 0.6 is 11.8 Å². The number of hydrogen-bond donors (Lipinski definition) is 1. The lowest BCUT2D eigenvalue weighted by Crippen LogP contribution is -2.44. The Hall–Kier alpha value is -0.220. The van der Waals surface area contributed by atoms with Gasteiger partial charge in [-0.25, -0.2) is 0 Å². The molecule has 0 bridgehead atoms. The second kappa shape index (κ2) is 5.41. The van der Waals surface area contributed by atoms with E-state index in [1.54, 1.807) is 0 Å². The van der Waals surface area contributed by atoms with E-state index in [0.717, 1.165) is 6.54 Å². The average molecular weight is 270 g/mol. The lowest BCUT2D eigenvalue weighted by Gasteiger charge is -2.33. The monoisotopic (exact) mass is 270 g/mol.